The predicted octanol–water partition coefficient (Wildman–Crippen LogP) is -0.219. The molecule has 1 aliphatic heterocycles. The molecule has 74 valence electrons. The molecule has 0 aliphatic carbocycles. The molecule has 5 nitrogen and oxygen atoms in total. The number of nitrogens with zero attached hydrogens (tertiary/aromatic N) is 1. The monoisotopic (exact) mass is 213 g/mol. The zero-order chi connectivity index (χ0) is 10.3. The quantitative estimate of drug-likeness (QED) is 0.700. The number of aliphatic hydroxyl groups excluding tert-OH is 1. The highest BCUT2D eigenvalue weighted by molar-refractivity contribution is 7.90. The summed E-state index contributed by atoms with van der Waals surface area (Å²) >= 11 is 0. The molecule has 0 saturated carbocycles. The Labute approximate surface area is 80.6 Å². The number of hydrogen-bond donors (Lipinski definition) is 1. The summed E-state index contributed by atoms with van der Waals surface area (Å²) < 4.78 is 23.6. The van der Waals surface area contributed by atoms with E-state index in [-0.39, 0.29) is 10.5 Å². The van der Waals surface area contributed by atoms with E-state index in [0.717, 1.165) is 0 Å². The smallest absolute Gasteiger partial charge is 0.271 e. The molecule has 2 rings (SSSR count). The minimum absolute atomic E-state index is 0.0425. The van der Waals surface area contributed by atoms with Gasteiger partial charge in [-0.25, -0.2) is 12.7 Å². The lowest BCUT2D eigenvalue weighted by Gasteiger charge is -2.09. The predicted molar refractivity (Wildman–Crippen MR) is 46.9 cm³/mol. The first-order chi connectivity index (χ1) is 6.59. The number of benzene rings is 1. The first kappa shape index (κ1) is 9.17. The van der Waals surface area contributed by atoms with Gasteiger partial charge < -0.3 is 5.11 Å². The Morgan fingerprint density at radius 2 is 1.93 bits per heavy atom. The van der Waals surface area contributed by atoms with E-state index in [1.165, 1.54) is 18.2 Å². The van der Waals surface area contributed by atoms with Crippen molar-refractivity contribution in [1.29, 1.82) is 0 Å². The van der Waals surface area contributed by atoms with Crippen molar-refractivity contribution in [2.24, 2.45) is 0 Å². The van der Waals surface area contributed by atoms with Gasteiger partial charge in [-0.15, -0.1) is 0 Å². The second-order valence-corrected chi connectivity index (χ2v) is 4.63. The number of rotatable bonds is 1. The number of carbonyl (C=O) groups is 1. The van der Waals surface area contributed by atoms with Crippen LogP contribution in [-0.2, 0) is 10.0 Å². The molecule has 1 heterocycles. The van der Waals surface area contributed by atoms with Crippen molar-refractivity contribution < 1.29 is 18.3 Å². The summed E-state index contributed by atoms with van der Waals surface area (Å²) in [6.45, 7) is -0.824. The van der Waals surface area contributed by atoms with Crippen LogP contribution in [0.1, 0.15) is 10.4 Å². The standard InChI is InChI=1S/C8H7NO4S/c10-5-9-8(11)6-3-1-2-4-7(6)14(9,12)13/h1-4,10H,5H2. The van der Waals surface area contributed by atoms with Crippen molar-refractivity contribution >= 4 is 15.9 Å². The largest absolute Gasteiger partial charge is 0.375 e. The molecule has 0 radical (unpaired) electrons. The summed E-state index contributed by atoms with van der Waals surface area (Å²) in [6, 6.07) is 5.88. The molecule has 0 unspecified atom stereocenters. The van der Waals surface area contributed by atoms with Crippen molar-refractivity contribution in [3.63, 3.8) is 0 Å². The van der Waals surface area contributed by atoms with Crippen LogP contribution >= 0.6 is 0 Å². The fraction of sp³-hybridized carbons (Fsp3) is 0.125. The maximum absolute atomic E-state index is 11.6. The van der Waals surface area contributed by atoms with E-state index < -0.39 is 22.7 Å². The Hall–Kier alpha value is -1.40. The van der Waals surface area contributed by atoms with Crippen LogP contribution < -0.4 is 0 Å². The highest BCUT2D eigenvalue weighted by atomic mass is 32.2. The molecule has 14 heavy (non-hydrogen) atoms. The van der Waals surface area contributed by atoms with E-state index in [2.05, 4.69) is 0 Å². The van der Waals surface area contributed by atoms with Crippen molar-refractivity contribution in [3.8, 4) is 0 Å². The first-order valence-corrected chi connectivity index (χ1v) is 5.30. The Bertz CT molecular complexity index is 494. The summed E-state index contributed by atoms with van der Waals surface area (Å²) in [7, 11) is -3.81. The second kappa shape index (κ2) is 2.79. The van der Waals surface area contributed by atoms with Crippen LogP contribution in [0.5, 0.6) is 0 Å². The number of amides is 1. The molecule has 1 aromatic carbocycles. The van der Waals surface area contributed by atoms with Crippen LogP contribution in [0.2, 0.25) is 0 Å². The van der Waals surface area contributed by atoms with Gasteiger partial charge in [-0.05, 0) is 12.1 Å². The number of fused-ring (bicyclic) bond motifs is 1. The van der Waals surface area contributed by atoms with E-state index in [1.54, 1.807) is 6.07 Å². The van der Waals surface area contributed by atoms with Gasteiger partial charge in [-0.2, -0.15) is 0 Å². The van der Waals surface area contributed by atoms with Crippen molar-refractivity contribution in [2.45, 2.75) is 4.90 Å². The zero-order valence-corrected chi connectivity index (χ0v) is 7.86. The number of carbonyl (C=O) groups excluding carboxylic acids is 1. The van der Waals surface area contributed by atoms with Crippen LogP contribution in [0.4, 0.5) is 0 Å². The van der Waals surface area contributed by atoms with Gasteiger partial charge in [-0.3, -0.25) is 4.79 Å². The molecule has 0 fully saturated rings. The highest BCUT2D eigenvalue weighted by Gasteiger charge is 2.40. The number of aliphatic hydroxyl groups is 1. The van der Waals surface area contributed by atoms with Crippen LogP contribution in [0.3, 0.4) is 0 Å². The second-order valence-electron chi connectivity index (χ2n) is 2.80. The van der Waals surface area contributed by atoms with Gasteiger partial charge in [0.05, 0.1) is 5.56 Å². The van der Waals surface area contributed by atoms with E-state index >= 15 is 0 Å². The van der Waals surface area contributed by atoms with Crippen molar-refractivity contribution in [1.82, 2.24) is 4.31 Å². The molecule has 1 amide bonds. The number of hydrogen-bond acceptors (Lipinski definition) is 4. The number of sulfonamides is 1. The van der Waals surface area contributed by atoms with Crippen LogP contribution in [0, 0.1) is 0 Å². The minimum Gasteiger partial charge on any atom is -0.375 e. The van der Waals surface area contributed by atoms with Crippen LogP contribution in [0.25, 0.3) is 0 Å². The van der Waals surface area contributed by atoms with Crippen LogP contribution in [-0.4, -0.2) is 30.5 Å². The van der Waals surface area contributed by atoms with Crippen molar-refractivity contribution in [2.75, 3.05) is 6.73 Å². The normalized spacial score (nSPS) is 18.4. The third-order valence-electron chi connectivity index (χ3n) is 2.04. The van der Waals surface area contributed by atoms with Gasteiger partial charge in [0.25, 0.3) is 15.9 Å². The lowest BCUT2D eigenvalue weighted by molar-refractivity contribution is 0.0768. The molecule has 6 heteroatoms. The molecule has 0 atom stereocenters. The maximum Gasteiger partial charge on any atom is 0.271 e. The molecular formula is C8H7NO4S. The van der Waals surface area contributed by atoms with E-state index in [9.17, 15) is 13.2 Å². The van der Waals surface area contributed by atoms with Crippen LogP contribution in [0.15, 0.2) is 29.2 Å². The Kier molecular flexibility index (Phi) is 1.83. The SMILES string of the molecule is O=C1c2ccccc2S(=O)(=O)N1CO. The summed E-state index contributed by atoms with van der Waals surface area (Å²) in [5.74, 6) is -0.678. The van der Waals surface area contributed by atoms with Gasteiger partial charge in [0.1, 0.15) is 11.6 Å². The average Bonchev–Trinajstić information content (AvgIpc) is 2.36. The van der Waals surface area contributed by atoms with Gasteiger partial charge in [0, 0.05) is 0 Å². The molecule has 0 spiro atoms. The van der Waals surface area contributed by atoms with Crippen molar-refractivity contribution in [3.05, 3.63) is 29.8 Å². The summed E-state index contributed by atoms with van der Waals surface area (Å²) in [4.78, 5) is 11.4. The Morgan fingerprint density at radius 1 is 1.29 bits per heavy atom. The lowest BCUT2D eigenvalue weighted by Crippen LogP contribution is -2.30. The molecule has 0 saturated heterocycles. The topological polar surface area (TPSA) is 74.7 Å². The molecular weight excluding hydrogens is 206 g/mol. The van der Waals surface area contributed by atoms with E-state index in [1.807, 2.05) is 0 Å². The van der Waals surface area contributed by atoms with Gasteiger partial charge in [-0.1, -0.05) is 12.1 Å². The molecule has 0 bridgehead atoms. The summed E-state index contributed by atoms with van der Waals surface area (Å²) in [5, 5.41) is 8.77. The average molecular weight is 213 g/mol. The molecule has 1 aliphatic rings. The fourth-order valence-corrected chi connectivity index (χ4v) is 2.76. The minimum atomic E-state index is -3.81. The van der Waals surface area contributed by atoms with Gasteiger partial charge in [0.2, 0.25) is 0 Å². The summed E-state index contributed by atoms with van der Waals surface area (Å²) in [5.41, 5.74) is 0.113. The van der Waals surface area contributed by atoms with Gasteiger partial charge >= 0.3 is 0 Å². The third-order valence-corrected chi connectivity index (χ3v) is 3.81. The highest BCUT2D eigenvalue weighted by Crippen LogP contribution is 2.28. The summed E-state index contributed by atoms with van der Waals surface area (Å²) in [6.07, 6.45) is 0. The zero-order valence-electron chi connectivity index (χ0n) is 7.04. The van der Waals surface area contributed by atoms with E-state index in [0.29, 0.717) is 4.31 Å². The first-order valence-electron chi connectivity index (χ1n) is 3.86. The van der Waals surface area contributed by atoms with E-state index in [4.69, 9.17) is 5.11 Å². The third kappa shape index (κ3) is 0.978. The maximum atomic E-state index is 11.6. The van der Waals surface area contributed by atoms with Gasteiger partial charge in [0.15, 0.2) is 0 Å². The Morgan fingerprint density at radius 3 is 2.50 bits per heavy atom. The molecule has 1 aromatic rings. The fourth-order valence-electron chi connectivity index (χ4n) is 1.37. The Balaban J connectivity index is 2.74. The molecule has 0 aromatic heterocycles. The molecule has 1 N–H and O–H groups in total. The lowest BCUT2D eigenvalue weighted by atomic mass is 10.2.